The maximum atomic E-state index is 6.25. The van der Waals surface area contributed by atoms with Gasteiger partial charge in [-0.15, -0.1) is 0 Å². The summed E-state index contributed by atoms with van der Waals surface area (Å²) in [5, 5.41) is 0. The van der Waals surface area contributed by atoms with Crippen molar-refractivity contribution in [3.8, 4) is 17.0 Å². The van der Waals surface area contributed by atoms with Crippen molar-refractivity contribution < 1.29 is 4.74 Å². The summed E-state index contributed by atoms with van der Waals surface area (Å²) in [6, 6.07) is 12.1. The number of aromatic nitrogens is 3. The number of rotatable bonds is 9. The molecule has 5 heteroatoms. The molecule has 0 atom stereocenters. The zero-order valence-electron chi connectivity index (χ0n) is 15.5. The molecule has 0 aliphatic carbocycles. The Morgan fingerprint density at radius 3 is 2.77 bits per heavy atom. The van der Waals surface area contributed by atoms with E-state index in [0.717, 1.165) is 34.9 Å². The predicted octanol–water partition coefficient (Wildman–Crippen LogP) is 4.68. The van der Waals surface area contributed by atoms with Crippen LogP contribution in [0.2, 0.25) is 0 Å². The number of hydrogen-bond donors (Lipinski definition) is 1. The van der Waals surface area contributed by atoms with E-state index in [1.165, 1.54) is 19.3 Å². The fourth-order valence-electron chi connectivity index (χ4n) is 2.94. The average molecular weight is 350 g/mol. The molecular weight excluding hydrogens is 324 g/mol. The topological polar surface area (TPSA) is 54.0 Å². The second-order valence-corrected chi connectivity index (χ2v) is 6.36. The first-order valence-electron chi connectivity index (χ1n) is 9.15. The Bertz CT molecular complexity index is 787. The molecule has 3 aromatic rings. The van der Waals surface area contributed by atoms with Gasteiger partial charge in [-0.3, -0.25) is 4.98 Å². The largest absolute Gasteiger partial charge is 0.484 e. The molecule has 0 spiro atoms. The molecule has 3 rings (SSSR count). The van der Waals surface area contributed by atoms with Crippen molar-refractivity contribution in [2.75, 3.05) is 18.5 Å². The van der Waals surface area contributed by atoms with Gasteiger partial charge in [-0.05, 0) is 30.7 Å². The van der Waals surface area contributed by atoms with Crippen molar-refractivity contribution in [3.05, 3.63) is 60.8 Å². The summed E-state index contributed by atoms with van der Waals surface area (Å²) in [4.78, 5) is 14.0. The van der Waals surface area contributed by atoms with Crippen LogP contribution in [0.4, 0.5) is 5.69 Å². The number of nitrogens with one attached hydrogen (secondary N) is 1. The summed E-state index contributed by atoms with van der Waals surface area (Å²) in [5.41, 5.74) is 3.96. The van der Waals surface area contributed by atoms with Crippen LogP contribution >= 0.6 is 0 Å². The Hall–Kier alpha value is -2.82. The molecule has 2 heterocycles. The Labute approximate surface area is 155 Å². The molecular formula is C21H26N4O. The maximum absolute atomic E-state index is 6.25. The minimum atomic E-state index is 0.432. The molecule has 0 fully saturated rings. The number of aromatic amines is 1. The second kappa shape index (κ2) is 9.04. The lowest BCUT2D eigenvalue weighted by Crippen LogP contribution is -2.19. The molecule has 0 radical (unpaired) electrons. The van der Waals surface area contributed by atoms with Crippen LogP contribution in [0.5, 0.6) is 5.75 Å². The third kappa shape index (κ3) is 4.42. The number of ether oxygens (including phenoxy) is 1. The SMILES string of the molecule is CCCCCN(C)c1cccc(-c2cnc[nH]2)c1OCc1ccccn1. The Morgan fingerprint density at radius 1 is 1.12 bits per heavy atom. The number of unbranched alkanes of at least 4 members (excludes halogenated alkanes) is 2. The van der Waals surface area contributed by atoms with Gasteiger partial charge in [0.2, 0.25) is 0 Å². The van der Waals surface area contributed by atoms with E-state index in [-0.39, 0.29) is 0 Å². The molecule has 0 unspecified atom stereocenters. The molecule has 1 aromatic carbocycles. The fraction of sp³-hybridized carbons (Fsp3) is 0.333. The first kappa shape index (κ1) is 18.0. The highest BCUT2D eigenvalue weighted by Crippen LogP contribution is 2.38. The summed E-state index contributed by atoms with van der Waals surface area (Å²) in [5.74, 6) is 0.862. The van der Waals surface area contributed by atoms with Crippen molar-refractivity contribution in [2.24, 2.45) is 0 Å². The van der Waals surface area contributed by atoms with Crippen molar-refractivity contribution in [3.63, 3.8) is 0 Å². The van der Waals surface area contributed by atoms with Gasteiger partial charge >= 0.3 is 0 Å². The third-order valence-corrected chi connectivity index (χ3v) is 4.38. The van der Waals surface area contributed by atoms with E-state index < -0.39 is 0 Å². The summed E-state index contributed by atoms with van der Waals surface area (Å²) in [6.45, 7) is 3.66. The molecule has 1 N–H and O–H groups in total. The molecule has 0 bridgehead atoms. The van der Waals surface area contributed by atoms with E-state index in [0.29, 0.717) is 6.61 Å². The maximum Gasteiger partial charge on any atom is 0.152 e. The number of benzene rings is 1. The quantitative estimate of drug-likeness (QED) is 0.570. The van der Waals surface area contributed by atoms with Crippen LogP contribution in [0.1, 0.15) is 31.9 Å². The van der Waals surface area contributed by atoms with Gasteiger partial charge in [-0.25, -0.2) is 4.98 Å². The van der Waals surface area contributed by atoms with Crippen LogP contribution in [0.3, 0.4) is 0 Å². The van der Waals surface area contributed by atoms with Crippen LogP contribution in [-0.4, -0.2) is 28.5 Å². The van der Waals surface area contributed by atoms with Crippen molar-refractivity contribution >= 4 is 5.69 Å². The minimum Gasteiger partial charge on any atom is -0.484 e. The summed E-state index contributed by atoms with van der Waals surface area (Å²) in [6.07, 6.45) is 8.91. The molecule has 5 nitrogen and oxygen atoms in total. The van der Waals surface area contributed by atoms with Gasteiger partial charge in [0.15, 0.2) is 5.75 Å². The third-order valence-electron chi connectivity index (χ3n) is 4.38. The molecule has 0 saturated carbocycles. The number of H-pyrrole nitrogens is 1. The van der Waals surface area contributed by atoms with Gasteiger partial charge in [-0.1, -0.05) is 31.9 Å². The van der Waals surface area contributed by atoms with Gasteiger partial charge in [0, 0.05) is 25.4 Å². The van der Waals surface area contributed by atoms with Gasteiger partial charge < -0.3 is 14.6 Å². The number of pyridine rings is 1. The van der Waals surface area contributed by atoms with E-state index in [2.05, 4.69) is 52.0 Å². The minimum absolute atomic E-state index is 0.432. The standard InChI is InChI=1S/C21H26N4O/c1-3-4-7-13-25(2)20-11-8-10-18(19-14-22-16-24-19)21(20)26-15-17-9-5-6-12-23-17/h5-6,8-12,14,16H,3-4,7,13,15H2,1-2H3,(H,22,24). The lowest BCUT2D eigenvalue weighted by atomic mass is 10.1. The van der Waals surface area contributed by atoms with E-state index in [1.54, 1.807) is 12.5 Å². The molecule has 0 amide bonds. The highest BCUT2D eigenvalue weighted by atomic mass is 16.5. The fourth-order valence-corrected chi connectivity index (χ4v) is 2.94. The Kier molecular flexibility index (Phi) is 6.25. The molecule has 0 aliphatic rings. The second-order valence-electron chi connectivity index (χ2n) is 6.36. The number of para-hydroxylation sites is 1. The number of anilines is 1. The zero-order chi connectivity index (χ0) is 18.2. The first-order chi connectivity index (χ1) is 12.8. The zero-order valence-corrected chi connectivity index (χ0v) is 15.5. The van der Waals surface area contributed by atoms with E-state index in [9.17, 15) is 0 Å². The molecule has 26 heavy (non-hydrogen) atoms. The van der Waals surface area contributed by atoms with Crippen molar-refractivity contribution in [1.29, 1.82) is 0 Å². The number of imidazole rings is 1. The summed E-state index contributed by atoms with van der Waals surface area (Å²) >= 11 is 0. The monoisotopic (exact) mass is 350 g/mol. The van der Waals surface area contributed by atoms with Crippen LogP contribution < -0.4 is 9.64 Å². The molecule has 2 aromatic heterocycles. The van der Waals surface area contributed by atoms with Gasteiger partial charge in [-0.2, -0.15) is 0 Å². The molecule has 136 valence electrons. The first-order valence-corrected chi connectivity index (χ1v) is 9.15. The Balaban J connectivity index is 1.88. The van der Waals surface area contributed by atoms with Gasteiger partial charge in [0.05, 0.1) is 29.6 Å². The smallest absolute Gasteiger partial charge is 0.152 e. The summed E-state index contributed by atoms with van der Waals surface area (Å²) in [7, 11) is 2.12. The lowest BCUT2D eigenvalue weighted by Gasteiger charge is -2.24. The van der Waals surface area contributed by atoms with Crippen LogP contribution in [0, 0.1) is 0 Å². The lowest BCUT2D eigenvalue weighted by molar-refractivity contribution is 0.303. The van der Waals surface area contributed by atoms with Crippen molar-refractivity contribution in [2.45, 2.75) is 32.8 Å². The van der Waals surface area contributed by atoms with E-state index >= 15 is 0 Å². The van der Waals surface area contributed by atoms with Crippen LogP contribution in [0.15, 0.2) is 55.1 Å². The summed E-state index contributed by atoms with van der Waals surface area (Å²) < 4.78 is 6.25. The molecule has 0 saturated heterocycles. The van der Waals surface area contributed by atoms with Gasteiger partial charge in [0.25, 0.3) is 0 Å². The van der Waals surface area contributed by atoms with Crippen LogP contribution in [0.25, 0.3) is 11.3 Å². The van der Waals surface area contributed by atoms with E-state index in [4.69, 9.17) is 4.74 Å². The van der Waals surface area contributed by atoms with E-state index in [1.807, 2.05) is 24.4 Å². The van der Waals surface area contributed by atoms with Crippen LogP contribution in [-0.2, 0) is 6.61 Å². The van der Waals surface area contributed by atoms with Gasteiger partial charge in [0.1, 0.15) is 6.61 Å². The normalized spacial score (nSPS) is 10.7. The number of nitrogens with zero attached hydrogens (tertiary/aromatic N) is 3. The number of hydrogen-bond acceptors (Lipinski definition) is 4. The highest BCUT2D eigenvalue weighted by Gasteiger charge is 2.16. The molecule has 0 aliphatic heterocycles. The predicted molar refractivity (Wildman–Crippen MR) is 105 cm³/mol. The van der Waals surface area contributed by atoms with Crippen molar-refractivity contribution in [1.82, 2.24) is 15.0 Å². The average Bonchev–Trinajstić information content (AvgIpc) is 3.21. The highest BCUT2D eigenvalue weighted by molar-refractivity contribution is 5.76. The Morgan fingerprint density at radius 2 is 2.04 bits per heavy atom.